The second kappa shape index (κ2) is 7.82. The zero-order valence-electron chi connectivity index (χ0n) is 16.3. The van der Waals surface area contributed by atoms with Crippen molar-refractivity contribution in [2.75, 3.05) is 0 Å². The van der Waals surface area contributed by atoms with Gasteiger partial charge in [-0.15, -0.1) is 0 Å². The Morgan fingerprint density at radius 3 is 1.38 bits per heavy atom. The van der Waals surface area contributed by atoms with E-state index in [-0.39, 0.29) is 0 Å². The molecule has 2 aromatic heterocycles. The number of rotatable bonds is 9. The van der Waals surface area contributed by atoms with Crippen LogP contribution in [0.3, 0.4) is 0 Å². The predicted octanol–water partition coefficient (Wildman–Crippen LogP) is 4.79. The van der Waals surface area contributed by atoms with Crippen LogP contribution in [0.4, 0.5) is 0 Å². The molecule has 0 N–H and O–H groups in total. The van der Waals surface area contributed by atoms with E-state index in [0.717, 1.165) is 12.8 Å². The van der Waals surface area contributed by atoms with Crippen molar-refractivity contribution >= 4 is 16.5 Å². The highest BCUT2D eigenvalue weighted by Gasteiger charge is 2.20. The molecule has 0 saturated carbocycles. The van der Waals surface area contributed by atoms with Crippen molar-refractivity contribution in [3.05, 3.63) is 36.4 Å². The lowest BCUT2D eigenvalue weighted by Crippen LogP contribution is -2.33. The summed E-state index contributed by atoms with van der Waals surface area (Å²) in [5.74, 6) is 2.56. The molecule has 0 aliphatic carbocycles. The van der Waals surface area contributed by atoms with Crippen molar-refractivity contribution in [3.63, 3.8) is 0 Å². The molecule has 0 spiro atoms. The molecule has 0 saturated heterocycles. The van der Waals surface area contributed by atoms with Crippen LogP contribution in [-0.4, -0.2) is 34.9 Å². The molecule has 0 aromatic carbocycles. The molecule has 6 heteroatoms. The summed E-state index contributed by atoms with van der Waals surface area (Å²) in [6.07, 6.45) is 15.5. The molecular formula is C18H34N4Si2. The van der Waals surface area contributed by atoms with E-state index in [9.17, 15) is 0 Å². The number of nitrogens with zero attached hydrogens (tertiary/aromatic N) is 4. The smallest absolute Gasteiger partial charge is 0.154 e. The van der Waals surface area contributed by atoms with Crippen molar-refractivity contribution in [2.45, 2.75) is 77.8 Å². The van der Waals surface area contributed by atoms with Crippen LogP contribution in [-0.2, 0) is 12.8 Å². The molecule has 24 heavy (non-hydrogen) atoms. The maximum atomic E-state index is 4.57. The van der Waals surface area contributed by atoms with Crippen LogP contribution in [0.15, 0.2) is 24.8 Å². The fourth-order valence-electron chi connectivity index (χ4n) is 3.18. The van der Waals surface area contributed by atoms with Gasteiger partial charge in [0.1, 0.15) is 11.6 Å². The number of aryl methyl sites for hydroxylation is 2. The largest absolute Gasteiger partial charge is 0.363 e. The highest BCUT2D eigenvalue weighted by molar-refractivity contribution is 6.74. The molecule has 0 bridgehead atoms. The van der Waals surface area contributed by atoms with Gasteiger partial charge >= 0.3 is 0 Å². The molecule has 134 valence electrons. The first-order chi connectivity index (χ1) is 11.2. The van der Waals surface area contributed by atoms with Gasteiger partial charge in [0, 0.05) is 37.6 Å². The lowest BCUT2D eigenvalue weighted by atomic mass is 10.1. The summed E-state index contributed by atoms with van der Waals surface area (Å²) in [5.41, 5.74) is 0. The quantitative estimate of drug-likeness (QED) is 0.475. The normalized spacial score (nSPS) is 12.8. The minimum Gasteiger partial charge on any atom is -0.363 e. The molecule has 0 aliphatic heterocycles. The highest BCUT2D eigenvalue weighted by atomic mass is 28.3. The fourth-order valence-corrected chi connectivity index (χ4v) is 6.10. The maximum Gasteiger partial charge on any atom is 0.154 e. The minimum absolute atomic E-state index is 1.11. The SMILES string of the molecule is C[Si](C)(C)n1ccnc1CCCCCCc1nccn1[Si](C)(C)C. The van der Waals surface area contributed by atoms with Crippen molar-refractivity contribution in [2.24, 2.45) is 0 Å². The van der Waals surface area contributed by atoms with Crippen LogP contribution in [0.2, 0.25) is 39.3 Å². The Labute approximate surface area is 149 Å². The molecule has 2 aromatic rings. The van der Waals surface area contributed by atoms with Crippen LogP contribution >= 0.6 is 0 Å². The summed E-state index contributed by atoms with van der Waals surface area (Å²) in [7, 11) is -2.63. The molecule has 2 heterocycles. The van der Waals surface area contributed by atoms with Crippen LogP contribution in [0, 0.1) is 0 Å². The highest BCUT2D eigenvalue weighted by Crippen LogP contribution is 2.15. The molecule has 0 amide bonds. The van der Waals surface area contributed by atoms with E-state index < -0.39 is 16.5 Å². The number of imidazole rings is 2. The summed E-state index contributed by atoms with van der Waals surface area (Å²) in [6, 6.07) is 0. The van der Waals surface area contributed by atoms with E-state index in [4.69, 9.17) is 0 Å². The van der Waals surface area contributed by atoms with Gasteiger partial charge in [-0.05, 0) is 12.8 Å². The monoisotopic (exact) mass is 362 g/mol. The Kier molecular flexibility index (Phi) is 6.25. The maximum absolute atomic E-state index is 4.57. The molecular weight excluding hydrogens is 328 g/mol. The Bertz CT molecular complexity index is 576. The van der Waals surface area contributed by atoms with Gasteiger partial charge in [0.05, 0.1) is 0 Å². The van der Waals surface area contributed by atoms with Crippen molar-refractivity contribution < 1.29 is 0 Å². The molecule has 0 aliphatic rings. The van der Waals surface area contributed by atoms with E-state index in [0.29, 0.717) is 0 Å². The summed E-state index contributed by atoms with van der Waals surface area (Å²) in [6.45, 7) is 14.2. The van der Waals surface area contributed by atoms with E-state index in [1.165, 1.54) is 37.3 Å². The molecule has 0 atom stereocenters. The second-order valence-electron chi connectivity index (χ2n) is 8.68. The van der Waals surface area contributed by atoms with Gasteiger partial charge in [0.25, 0.3) is 0 Å². The van der Waals surface area contributed by atoms with E-state index in [1.807, 2.05) is 12.4 Å². The molecule has 0 radical (unpaired) electrons. The number of unbranched alkanes of at least 4 members (excludes halogenated alkanes) is 3. The summed E-state index contributed by atoms with van der Waals surface area (Å²) in [5, 5.41) is 0. The molecule has 2 rings (SSSR count). The minimum atomic E-state index is -1.31. The lowest BCUT2D eigenvalue weighted by Gasteiger charge is -2.21. The number of aromatic nitrogens is 4. The van der Waals surface area contributed by atoms with Gasteiger partial charge in [-0.2, -0.15) is 0 Å². The van der Waals surface area contributed by atoms with Gasteiger partial charge < -0.3 is 8.47 Å². The first-order valence-corrected chi connectivity index (χ1v) is 16.1. The standard InChI is InChI=1S/C18H34N4Si2/c1-23(2,3)21-15-13-19-17(21)11-9-7-8-10-12-18-20-14-16-22(18)24(4,5)6/h13-16H,7-12H2,1-6H3. The van der Waals surface area contributed by atoms with Crippen LogP contribution in [0.25, 0.3) is 0 Å². The van der Waals surface area contributed by atoms with E-state index >= 15 is 0 Å². The first kappa shape index (κ1) is 19.2. The van der Waals surface area contributed by atoms with Crippen molar-refractivity contribution in [1.82, 2.24) is 18.4 Å². The lowest BCUT2D eigenvalue weighted by molar-refractivity contribution is 0.618. The average molecular weight is 363 g/mol. The van der Waals surface area contributed by atoms with Crippen molar-refractivity contribution in [1.29, 1.82) is 0 Å². The third-order valence-electron chi connectivity index (χ3n) is 4.43. The van der Waals surface area contributed by atoms with Crippen LogP contribution in [0.1, 0.15) is 37.3 Å². The molecule has 0 fully saturated rings. The summed E-state index contributed by atoms with van der Waals surface area (Å²) >= 11 is 0. The Morgan fingerprint density at radius 1 is 0.667 bits per heavy atom. The molecule has 4 nitrogen and oxygen atoms in total. The van der Waals surface area contributed by atoms with E-state index in [1.54, 1.807) is 0 Å². The zero-order chi connectivity index (χ0) is 17.8. The van der Waals surface area contributed by atoms with Gasteiger partial charge in [0.2, 0.25) is 0 Å². The van der Waals surface area contributed by atoms with Gasteiger partial charge in [-0.1, -0.05) is 52.1 Å². The summed E-state index contributed by atoms with van der Waals surface area (Å²) < 4.78 is 4.88. The number of hydrogen-bond donors (Lipinski definition) is 0. The number of hydrogen-bond acceptors (Lipinski definition) is 2. The van der Waals surface area contributed by atoms with E-state index in [2.05, 4.69) is 70.1 Å². The zero-order valence-corrected chi connectivity index (χ0v) is 18.3. The summed E-state index contributed by atoms with van der Waals surface area (Å²) in [4.78, 5) is 9.14. The van der Waals surface area contributed by atoms with Crippen LogP contribution in [0.5, 0.6) is 0 Å². The third kappa shape index (κ3) is 5.18. The van der Waals surface area contributed by atoms with Crippen LogP contribution < -0.4 is 0 Å². The topological polar surface area (TPSA) is 35.6 Å². The Morgan fingerprint density at radius 2 is 1.04 bits per heavy atom. The Balaban J connectivity index is 1.72. The first-order valence-electron chi connectivity index (χ1n) is 9.25. The average Bonchev–Trinajstić information content (AvgIpc) is 3.10. The molecule has 0 unspecified atom stereocenters. The van der Waals surface area contributed by atoms with Gasteiger partial charge in [-0.3, -0.25) is 0 Å². The third-order valence-corrected chi connectivity index (χ3v) is 8.14. The van der Waals surface area contributed by atoms with Crippen molar-refractivity contribution in [3.8, 4) is 0 Å². The van der Waals surface area contributed by atoms with Gasteiger partial charge in [-0.25, -0.2) is 9.97 Å². The predicted molar refractivity (Wildman–Crippen MR) is 108 cm³/mol. The Hall–Kier alpha value is -1.15. The second-order valence-corrected chi connectivity index (χ2v) is 18.3. The fraction of sp³-hybridized carbons (Fsp3) is 0.667. The van der Waals surface area contributed by atoms with Gasteiger partial charge in [0.15, 0.2) is 16.5 Å².